The molecule has 12 aromatic heterocycles. The Balaban J connectivity index is 0.000000168. The van der Waals surface area contributed by atoms with Gasteiger partial charge in [-0.1, -0.05) is 180 Å². The standard InChI is InChI=1S/C16H13N3OS.C13H14ClN3OS.C13H14N4OS.C13H13N3O3S.C11H11N3OS.C10H8ClN3OS/c20-15-9-14(13-6-2-1-3-7-13)18-16(19-15)21-11-12-5-4-8-17-10-12;1-2-3-10-6-12(18)17-13(16-10)19-8-9-4-5-11(14)15-7-9;1-9(2)15-11-6-12(18)17-13(16-11)19-8-10-4-3-5-14-7-10;1-2-19-12(18)10-6-11(17)16-13(15-10)20-8-9-4-3-5-14-7-9;1-8-5-10(15)14-11(13-8)16-7-9-3-2-4-12-6-9;11-8-2-1-7(5-13-8)6-16-10-12-4-3-9(15)14-10/h1-10H,11H2,(H,18,19,20);4-7H,2-3,8H2,1H3,(H,16,17,18);3-7H,1,8H2,2H3,(H2,15,16,17,18);3-7H,2,8H2,1H3,(H,15,16,17);2-6H,7H2,1H3,(H,13,14,15);1-5H,6H2,(H,12,14,15). The van der Waals surface area contributed by atoms with Crippen molar-refractivity contribution in [1.29, 1.82) is 0 Å². The molecule has 0 radical (unpaired) electrons. The molecule has 0 aliphatic carbocycles. The molecule has 0 spiro atoms. The van der Waals surface area contributed by atoms with Gasteiger partial charge >= 0.3 is 5.97 Å². The fourth-order valence-corrected chi connectivity index (χ4v) is 13.8. The summed E-state index contributed by atoms with van der Waals surface area (Å²) < 4.78 is 4.83. The van der Waals surface area contributed by atoms with Gasteiger partial charge in [-0.3, -0.25) is 48.7 Å². The van der Waals surface area contributed by atoms with Crippen molar-refractivity contribution in [3.63, 3.8) is 0 Å². The van der Waals surface area contributed by atoms with E-state index in [0.29, 0.717) is 75.8 Å². The van der Waals surface area contributed by atoms with Crippen LogP contribution in [0.2, 0.25) is 10.3 Å². The summed E-state index contributed by atoms with van der Waals surface area (Å²) >= 11 is 20.1. The number of nitrogens with zero attached hydrogens (tertiary/aromatic N) is 12. The molecule has 1 aromatic carbocycles. The lowest BCUT2D eigenvalue weighted by Gasteiger charge is -2.06. The fourth-order valence-electron chi connectivity index (χ4n) is 8.67. The van der Waals surface area contributed by atoms with Crippen LogP contribution >= 0.6 is 93.8 Å². The van der Waals surface area contributed by atoms with Crippen molar-refractivity contribution in [2.75, 3.05) is 11.9 Å². The first-order chi connectivity index (χ1) is 53.8. The van der Waals surface area contributed by atoms with Crippen molar-refractivity contribution in [1.82, 2.24) is 89.7 Å². The summed E-state index contributed by atoms with van der Waals surface area (Å²) in [5, 5.41) is 7.34. The number of ether oxygens (including phenoxy) is 1. The highest BCUT2D eigenvalue weighted by Gasteiger charge is 2.13. The molecule has 0 bridgehead atoms. The van der Waals surface area contributed by atoms with E-state index >= 15 is 0 Å². The van der Waals surface area contributed by atoms with Gasteiger partial charge in [0.2, 0.25) is 0 Å². The molecule has 7 N–H and O–H groups in total. The number of benzene rings is 1. The smallest absolute Gasteiger partial charge is 0.357 e. The number of anilines is 1. The molecule has 0 amide bonds. The molecule has 27 nitrogen and oxygen atoms in total. The number of aromatic nitrogens is 18. The number of pyridine rings is 6. The van der Waals surface area contributed by atoms with Gasteiger partial charge in [0.25, 0.3) is 33.4 Å². The number of H-pyrrole nitrogens is 6. The molecule has 12 heterocycles. The first-order valence-electron chi connectivity index (χ1n) is 33.5. The highest BCUT2D eigenvalue weighted by Crippen LogP contribution is 2.25. The number of esters is 1. The average Bonchev–Trinajstić information content (AvgIpc) is 0.855. The number of nitrogens with one attached hydrogen (secondary N) is 7. The van der Waals surface area contributed by atoms with Gasteiger partial charge in [0.1, 0.15) is 16.1 Å². The van der Waals surface area contributed by atoms with Crippen LogP contribution in [-0.4, -0.2) is 102 Å². The average molecular weight is 1640 g/mol. The first-order valence-corrected chi connectivity index (χ1v) is 40.2. The van der Waals surface area contributed by atoms with Crippen LogP contribution in [0.25, 0.3) is 11.3 Å². The van der Waals surface area contributed by atoms with Gasteiger partial charge in [-0.05, 0) is 97.0 Å². The zero-order valence-electron chi connectivity index (χ0n) is 60.0. The monoisotopic (exact) mass is 1640 g/mol. The summed E-state index contributed by atoms with van der Waals surface area (Å²) in [6, 6.07) is 40.8. The zero-order valence-corrected chi connectivity index (χ0v) is 66.4. The predicted octanol–water partition coefficient (Wildman–Crippen LogP) is 14.1. The predicted molar refractivity (Wildman–Crippen MR) is 441 cm³/mol. The topological polar surface area (TPSA) is 390 Å². The van der Waals surface area contributed by atoms with E-state index < -0.39 is 5.97 Å². The van der Waals surface area contributed by atoms with Crippen LogP contribution in [0.4, 0.5) is 5.82 Å². The number of rotatable bonds is 25. The summed E-state index contributed by atoms with van der Waals surface area (Å²) in [5.74, 6) is 4.07. The molecule has 0 aliphatic heterocycles. The summed E-state index contributed by atoms with van der Waals surface area (Å²) in [6.07, 6.45) is 20.8. The number of aryl methyl sites for hydroxylation is 2. The maximum atomic E-state index is 11.8. The largest absolute Gasteiger partial charge is 0.461 e. The van der Waals surface area contributed by atoms with Crippen LogP contribution in [0.1, 0.15) is 82.4 Å². The molecule has 0 atom stereocenters. The van der Waals surface area contributed by atoms with E-state index in [2.05, 4.69) is 109 Å². The number of aromatic amines is 6. The minimum atomic E-state index is -0.596. The minimum absolute atomic E-state index is 0.0179. The molecule has 35 heteroatoms. The third kappa shape index (κ3) is 33.5. The van der Waals surface area contributed by atoms with E-state index in [0.717, 1.165) is 86.4 Å². The van der Waals surface area contributed by atoms with Crippen molar-refractivity contribution in [3.05, 3.63) is 343 Å². The Morgan fingerprint density at radius 1 is 0.432 bits per heavy atom. The van der Waals surface area contributed by atoms with E-state index in [1.54, 1.807) is 80.9 Å². The molecule has 13 rings (SSSR count). The van der Waals surface area contributed by atoms with E-state index in [1.807, 2.05) is 111 Å². The summed E-state index contributed by atoms with van der Waals surface area (Å²) in [7, 11) is 0. The van der Waals surface area contributed by atoms with Crippen molar-refractivity contribution < 1.29 is 9.53 Å². The van der Waals surface area contributed by atoms with Crippen LogP contribution < -0.4 is 38.7 Å². The van der Waals surface area contributed by atoms with Crippen LogP contribution in [0.15, 0.2) is 280 Å². The third-order valence-electron chi connectivity index (χ3n) is 13.6. The Kier molecular flexibility index (Phi) is 36.5. The van der Waals surface area contributed by atoms with Gasteiger partial charge in [0.15, 0.2) is 36.6 Å². The molecular weight excluding hydrogens is 1570 g/mol. The molecule has 0 saturated carbocycles. The van der Waals surface area contributed by atoms with Gasteiger partial charge < -0.3 is 40.0 Å². The number of carbonyl (C=O) groups excluding carboxylic acids is 1. The van der Waals surface area contributed by atoms with E-state index in [4.69, 9.17) is 27.9 Å². The molecule has 0 aliphatic rings. The molecular formula is C76H73Cl2N19O8S6. The normalized spacial score (nSPS) is 10.4. The SMILES string of the molecule is C=C(C)Nc1cc(=O)[nH]c(SCc2cccnc2)n1.CCCc1cc(=O)[nH]c(SCc2ccc(Cl)nc2)n1.CCOC(=O)c1cc(=O)[nH]c(SCc2cccnc2)n1.Cc1cc(=O)[nH]c(SCc2cccnc2)n1.O=c1cc(-c2ccccc2)nc(SCc2cccnc2)[nH]1.O=c1ccnc(SCc2ccc(Cl)nc2)[nH]1. The second kappa shape index (κ2) is 47.2. The third-order valence-corrected chi connectivity index (χ3v) is 19.7. The summed E-state index contributed by atoms with van der Waals surface area (Å²) in [5.41, 5.74) is 9.23. The second-order valence-corrected chi connectivity index (χ2v) is 29.2. The lowest BCUT2D eigenvalue weighted by atomic mass is 10.1. The van der Waals surface area contributed by atoms with Gasteiger partial charge in [0.05, 0.1) is 12.3 Å². The van der Waals surface area contributed by atoms with Crippen LogP contribution in [-0.2, 0) is 45.7 Å². The highest BCUT2D eigenvalue weighted by atomic mass is 35.5. The number of hydrogen-bond donors (Lipinski definition) is 7. The van der Waals surface area contributed by atoms with E-state index in [-0.39, 0.29) is 45.7 Å². The van der Waals surface area contributed by atoms with Crippen molar-refractivity contribution >= 4 is 106 Å². The van der Waals surface area contributed by atoms with Crippen LogP contribution in [0.3, 0.4) is 0 Å². The van der Waals surface area contributed by atoms with Crippen LogP contribution in [0.5, 0.6) is 0 Å². The summed E-state index contributed by atoms with van der Waals surface area (Å²) in [6.45, 7) is 11.3. The number of halogens is 2. The van der Waals surface area contributed by atoms with Crippen LogP contribution in [0, 0.1) is 6.92 Å². The van der Waals surface area contributed by atoms with Gasteiger partial charge in [-0.25, -0.2) is 44.7 Å². The molecule has 13 aromatic rings. The molecule has 111 heavy (non-hydrogen) atoms. The second-order valence-electron chi connectivity index (χ2n) is 22.7. The van der Waals surface area contributed by atoms with Gasteiger partial charge in [-0.15, -0.1) is 0 Å². The summed E-state index contributed by atoms with van der Waals surface area (Å²) in [4.78, 5) is 146. The molecule has 0 saturated heterocycles. The lowest BCUT2D eigenvalue weighted by Crippen LogP contribution is -2.15. The fraction of sp³-hybridized carbons (Fsp3) is 0.171. The molecule has 570 valence electrons. The highest BCUT2D eigenvalue weighted by molar-refractivity contribution is 7.99. The number of thioether (sulfide) groups is 6. The Hall–Kier alpha value is -10.9. The number of hydrogen-bond acceptors (Lipinski definition) is 27. The van der Waals surface area contributed by atoms with Crippen molar-refractivity contribution in [2.24, 2.45) is 0 Å². The Morgan fingerprint density at radius 2 is 0.856 bits per heavy atom. The first kappa shape index (κ1) is 85.7. The Morgan fingerprint density at radius 3 is 1.30 bits per heavy atom. The van der Waals surface area contributed by atoms with Gasteiger partial charge in [-0.2, -0.15) is 0 Å². The molecule has 0 fully saturated rings. The maximum absolute atomic E-state index is 11.8. The quantitative estimate of drug-likeness (QED) is 0.0121. The Labute approximate surface area is 671 Å². The Bertz CT molecular complexity index is 5420. The van der Waals surface area contributed by atoms with Gasteiger partial charge in [0, 0.05) is 162 Å². The number of carbonyl (C=O) groups is 1. The maximum Gasteiger partial charge on any atom is 0.357 e. The van der Waals surface area contributed by atoms with E-state index in [9.17, 15) is 33.6 Å². The van der Waals surface area contributed by atoms with Crippen molar-refractivity contribution in [2.45, 2.75) is 106 Å². The number of allylic oxidation sites excluding steroid dienone is 1. The molecule has 0 unspecified atom stereocenters. The van der Waals surface area contributed by atoms with E-state index in [1.165, 1.54) is 101 Å². The minimum Gasteiger partial charge on any atom is -0.461 e. The van der Waals surface area contributed by atoms with Crippen molar-refractivity contribution in [3.8, 4) is 11.3 Å². The zero-order chi connectivity index (χ0) is 79.0. The lowest BCUT2D eigenvalue weighted by molar-refractivity contribution is 0.0518.